The van der Waals surface area contributed by atoms with E-state index < -0.39 is 4.92 Å². The summed E-state index contributed by atoms with van der Waals surface area (Å²) in [6, 6.07) is 5.10. The minimum absolute atomic E-state index is 0.0378. The summed E-state index contributed by atoms with van der Waals surface area (Å²) in [5.41, 5.74) is 0.640. The molecule has 1 aliphatic rings. The second kappa shape index (κ2) is 5.88. The maximum absolute atomic E-state index is 11.1. The van der Waals surface area contributed by atoms with Gasteiger partial charge in [-0.3, -0.25) is 10.1 Å². The third kappa shape index (κ3) is 2.90. The number of nitro benzene ring substituents is 1. The summed E-state index contributed by atoms with van der Waals surface area (Å²) in [5.74, 6) is 0.319. The fourth-order valence-corrected chi connectivity index (χ4v) is 3.03. The summed E-state index contributed by atoms with van der Waals surface area (Å²) < 4.78 is 11.3. The lowest BCUT2D eigenvalue weighted by atomic mass is 9.91. The molecule has 1 aromatic rings. The van der Waals surface area contributed by atoms with E-state index in [1.165, 1.54) is 0 Å². The molecule has 1 aromatic carbocycles. The average molecular weight is 330 g/mol. The number of hydrogen-bond acceptors (Lipinski definition) is 4. The van der Waals surface area contributed by atoms with Crippen molar-refractivity contribution in [1.82, 2.24) is 0 Å². The van der Waals surface area contributed by atoms with Crippen molar-refractivity contribution in [3.05, 3.63) is 33.9 Å². The quantitative estimate of drug-likeness (QED) is 0.472. The van der Waals surface area contributed by atoms with E-state index in [2.05, 4.69) is 15.9 Å². The number of nitro groups is 1. The highest BCUT2D eigenvalue weighted by Gasteiger charge is 2.43. The van der Waals surface area contributed by atoms with E-state index in [1.54, 1.807) is 25.1 Å². The van der Waals surface area contributed by atoms with Gasteiger partial charge in [0.05, 0.1) is 4.92 Å². The molecule has 3 atom stereocenters. The van der Waals surface area contributed by atoms with Crippen molar-refractivity contribution in [2.45, 2.75) is 37.3 Å². The Hall–Kier alpha value is -1.14. The lowest BCUT2D eigenvalue weighted by Crippen LogP contribution is -2.52. The molecule has 0 heterocycles. The van der Waals surface area contributed by atoms with E-state index in [1.807, 2.05) is 6.92 Å². The van der Waals surface area contributed by atoms with Crippen LogP contribution in [0.5, 0.6) is 5.75 Å². The molecule has 3 unspecified atom stereocenters. The van der Waals surface area contributed by atoms with Crippen LogP contribution in [0.25, 0.3) is 0 Å². The monoisotopic (exact) mass is 329 g/mol. The van der Waals surface area contributed by atoms with Gasteiger partial charge in [-0.2, -0.15) is 0 Å². The third-order valence-electron chi connectivity index (χ3n) is 3.20. The number of alkyl halides is 1. The molecule has 19 heavy (non-hydrogen) atoms. The fraction of sp³-hybridized carbons (Fsp3) is 0.538. The highest BCUT2D eigenvalue weighted by atomic mass is 79.9. The molecule has 0 radical (unpaired) electrons. The van der Waals surface area contributed by atoms with Gasteiger partial charge in [-0.25, -0.2) is 0 Å². The normalized spacial score (nSPS) is 25.7. The molecule has 0 aliphatic heterocycles. The standard InChI is InChI=1S/C13H16BrNO4/c1-3-18-13-9(14)7-11(13)19-10-6-4-5-8(2)12(10)15(16)17/h4-6,9,11,13H,3,7H2,1-2H3. The van der Waals surface area contributed by atoms with Gasteiger partial charge in [-0.05, 0) is 19.9 Å². The van der Waals surface area contributed by atoms with Gasteiger partial charge in [0.25, 0.3) is 0 Å². The summed E-state index contributed by atoms with van der Waals surface area (Å²) in [6.07, 6.45) is 0.602. The molecule has 1 aliphatic carbocycles. The first-order chi connectivity index (χ1) is 9.04. The van der Waals surface area contributed by atoms with E-state index in [-0.39, 0.29) is 22.7 Å². The molecular weight excluding hydrogens is 314 g/mol. The predicted molar refractivity (Wildman–Crippen MR) is 75.0 cm³/mol. The molecule has 0 aromatic heterocycles. The molecule has 1 fully saturated rings. The number of nitrogens with zero attached hydrogens (tertiary/aromatic N) is 1. The smallest absolute Gasteiger partial charge is 0.313 e. The Kier molecular flexibility index (Phi) is 4.42. The molecule has 0 N–H and O–H groups in total. The first-order valence-corrected chi connectivity index (χ1v) is 7.12. The molecule has 104 valence electrons. The molecular formula is C13H16BrNO4. The molecule has 0 saturated heterocycles. The fourth-order valence-electron chi connectivity index (χ4n) is 2.17. The lowest BCUT2D eigenvalue weighted by Gasteiger charge is -2.40. The van der Waals surface area contributed by atoms with Crippen LogP contribution >= 0.6 is 15.9 Å². The van der Waals surface area contributed by atoms with Crippen LogP contribution in [0.3, 0.4) is 0 Å². The largest absolute Gasteiger partial charge is 0.481 e. The van der Waals surface area contributed by atoms with Crippen molar-refractivity contribution < 1.29 is 14.4 Å². The van der Waals surface area contributed by atoms with Gasteiger partial charge < -0.3 is 9.47 Å². The predicted octanol–water partition coefficient (Wildman–Crippen LogP) is 3.22. The van der Waals surface area contributed by atoms with Crippen LogP contribution in [0.4, 0.5) is 5.69 Å². The zero-order valence-electron chi connectivity index (χ0n) is 10.8. The second-order valence-corrected chi connectivity index (χ2v) is 5.68. The van der Waals surface area contributed by atoms with E-state index in [0.29, 0.717) is 17.9 Å². The Morgan fingerprint density at radius 2 is 2.26 bits per heavy atom. The number of halogens is 1. The van der Waals surface area contributed by atoms with Crippen LogP contribution in [0.1, 0.15) is 18.9 Å². The van der Waals surface area contributed by atoms with Crippen molar-refractivity contribution in [3.63, 3.8) is 0 Å². The number of para-hydroxylation sites is 1. The van der Waals surface area contributed by atoms with Crippen LogP contribution in [-0.4, -0.2) is 28.6 Å². The Labute approximate surface area is 120 Å². The topological polar surface area (TPSA) is 61.6 Å². The summed E-state index contributed by atoms with van der Waals surface area (Å²) >= 11 is 3.50. The molecule has 1 saturated carbocycles. The number of aryl methyl sites for hydroxylation is 1. The molecule has 6 heteroatoms. The molecule has 2 rings (SSSR count). The van der Waals surface area contributed by atoms with Crippen molar-refractivity contribution in [1.29, 1.82) is 0 Å². The summed E-state index contributed by atoms with van der Waals surface area (Å²) in [4.78, 5) is 10.9. The first kappa shape index (κ1) is 14.3. The van der Waals surface area contributed by atoms with Crippen molar-refractivity contribution in [2.24, 2.45) is 0 Å². The van der Waals surface area contributed by atoms with Gasteiger partial charge in [0.2, 0.25) is 0 Å². The Morgan fingerprint density at radius 3 is 2.84 bits per heavy atom. The highest BCUT2D eigenvalue weighted by molar-refractivity contribution is 9.09. The SMILES string of the molecule is CCOC1C(Br)CC1Oc1cccc(C)c1[N+](=O)[O-]. The average Bonchev–Trinajstić information content (AvgIpc) is 2.35. The van der Waals surface area contributed by atoms with Crippen molar-refractivity contribution >= 4 is 21.6 Å². The number of hydrogen-bond donors (Lipinski definition) is 0. The molecule has 0 spiro atoms. The Morgan fingerprint density at radius 1 is 1.53 bits per heavy atom. The van der Waals surface area contributed by atoms with Gasteiger partial charge in [0.1, 0.15) is 12.2 Å². The second-order valence-electron chi connectivity index (χ2n) is 4.51. The molecule has 0 amide bonds. The molecule has 5 nitrogen and oxygen atoms in total. The zero-order valence-corrected chi connectivity index (χ0v) is 12.4. The maximum atomic E-state index is 11.1. The van der Waals surface area contributed by atoms with Gasteiger partial charge in [0.15, 0.2) is 5.75 Å². The number of benzene rings is 1. The summed E-state index contributed by atoms with van der Waals surface area (Å²) in [6.45, 7) is 4.23. The summed E-state index contributed by atoms with van der Waals surface area (Å²) in [7, 11) is 0. The minimum Gasteiger partial charge on any atom is -0.481 e. The van der Waals surface area contributed by atoms with E-state index in [9.17, 15) is 10.1 Å². The van der Waals surface area contributed by atoms with Crippen LogP contribution in [0, 0.1) is 17.0 Å². The Bertz CT molecular complexity index is 480. The first-order valence-electron chi connectivity index (χ1n) is 6.21. The van der Waals surface area contributed by atoms with E-state index in [4.69, 9.17) is 9.47 Å². The Balaban J connectivity index is 2.16. The van der Waals surface area contributed by atoms with Crippen molar-refractivity contribution in [3.8, 4) is 5.75 Å². The van der Waals surface area contributed by atoms with Gasteiger partial charge in [-0.1, -0.05) is 28.1 Å². The van der Waals surface area contributed by atoms with Crippen molar-refractivity contribution in [2.75, 3.05) is 6.61 Å². The van der Waals surface area contributed by atoms with E-state index >= 15 is 0 Å². The van der Waals surface area contributed by atoms with E-state index in [0.717, 1.165) is 6.42 Å². The minimum atomic E-state index is -0.398. The lowest BCUT2D eigenvalue weighted by molar-refractivity contribution is -0.386. The number of ether oxygens (including phenoxy) is 2. The van der Waals surface area contributed by atoms with Crippen LogP contribution < -0.4 is 4.74 Å². The third-order valence-corrected chi connectivity index (χ3v) is 4.10. The summed E-state index contributed by atoms with van der Waals surface area (Å²) in [5, 5.41) is 11.1. The van der Waals surface area contributed by atoms with Gasteiger partial charge >= 0.3 is 5.69 Å². The number of rotatable bonds is 5. The molecule has 0 bridgehead atoms. The van der Waals surface area contributed by atoms with Crippen LogP contribution in [-0.2, 0) is 4.74 Å². The highest BCUT2D eigenvalue weighted by Crippen LogP contribution is 2.38. The van der Waals surface area contributed by atoms with Gasteiger partial charge in [-0.15, -0.1) is 0 Å². The van der Waals surface area contributed by atoms with Gasteiger partial charge in [0, 0.05) is 23.4 Å². The zero-order chi connectivity index (χ0) is 14.0. The van der Waals surface area contributed by atoms with Crippen LogP contribution in [0.15, 0.2) is 18.2 Å². The maximum Gasteiger partial charge on any atom is 0.313 e. The van der Waals surface area contributed by atoms with Crippen LogP contribution in [0.2, 0.25) is 0 Å².